The first kappa shape index (κ1) is 21.7. The molecule has 0 spiro atoms. The summed E-state index contributed by atoms with van der Waals surface area (Å²) in [6.45, 7) is 1.03. The van der Waals surface area contributed by atoms with Crippen LogP contribution in [-0.4, -0.2) is 37.6 Å². The van der Waals surface area contributed by atoms with Crippen molar-refractivity contribution >= 4 is 21.8 Å². The maximum atomic E-state index is 12.6. The van der Waals surface area contributed by atoms with Crippen LogP contribution >= 0.6 is 0 Å². The van der Waals surface area contributed by atoms with Gasteiger partial charge in [-0.3, -0.25) is 20.4 Å². The van der Waals surface area contributed by atoms with Crippen LogP contribution in [0.1, 0.15) is 33.6 Å². The molecule has 3 aromatic rings. The standard InChI is InChI=1S/C24H23N3O4S/c28-23(20-10-8-19(9-11-20)18-6-2-1-3-7-18)25-26-24(29)21-12-14-22(15-13-21)32(30,31)27-16-4-5-17-27/h1-3,6-15H,4-5,16-17H2,(H,25,28)(H,26,29). The van der Waals surface area contributed by atoms with Gasteiger partial charge in [0.2, 0.25) is 10.0 Å². The van der Waals surface area contributed by atoms with E-state index in [9.17, 15) is 18.0 Å². The summed E-state index contributed by atoms with van der Waals surface area (Å²) in [6, 6.07) is 22.5. The molecule has 0 aliphatic carbocycles. The molecule has 0 unspecified atom stereocenters. The van der Waals surface area contributed by atoms with E-state index in [4.69, 9.17) is 0 Å². The molecular formula is C24H23N3O4S. The van der Waals surface area contributed by atoms with Crippen LogP contribution < -0.4 is 10.9 Å². The van der Waals surface area contributed by atoms with Gasteiger partial charge in [0.05, 0.1) is 4.90 Å². The number of amides is 2. The van der Waals surface area contributed by atoms with Crippen molar-refractivity contribution in [3.63, 3.8) is 0 Å². The number of carbonyl (C=O) groups is 2. The van der Waals surface area contributed by atoms with E-state index in [1.54, 1.807) is 12.1 Å². The van der Waals surface area contributed by atoms with Crippen LogP contribution in [0.15, 0.2) is 83.8 Å². The Morgan fingerprint density at radius 1 is 0.656 bits per heavy atom. The van der Waals surface area contributed by atoms with Crippen LogP contribution in [-0.2, 0) is 10.0 Å². The van der Waals surface area contributed by atoms with Gasteiger partial charge in [-0.05, 0) is 60.4 Å². The fraction of sp³-hybridized carbons (Fsp3) is 0.167. The Labute approximate surface area is 187 Å². The Balaban J connectivity index is 1.35. The molecule has 7 nitrogen and oxygen atoms in total. The maximum Gasteiger partial charge on any atom is 0.269 e. The van der Waals surface area contributed by atoms with E-state index in [-0.39, 0.29) is 10.5 Å². The zero-order valence-electron chi connectivity index (χ0n) is 17.3. The summed E-state index contributed by atoms with van der Waals surface area (Å²) in [5.41, 5.74) is 7.41. The zero-order valence-corrected chi connectivity index (χ0v) is 18.1. The molecular weight excluding hydrogens is 426 g/mol. The molecule has 0 bridgehead atoms. The van der Waals surface area contributed by atoms with Gasteiger partial charge in [-0.1, -0.05) is 42.5 Å². The fourth-order valence-electron chi connectivity index (χ4n) is 3.56. The number of hydrogen-bond donors (Lipinski definition) is 2. The Hall–Kier alpha value is -3.49. The van der Waals surface area contributed by atoms with Crippen LogP contribution in [0.25, 0.3) is 11.1 Å². The van der Waals surface area contributed by atoms with Gasteiger partial charge in [0.1, 0.15) is 0 Å². The van der Waals surface area contributed by atoms with Gasteiger partial charge >= 0.3 is 0 Å². The second-order valence-corrected chi connectivity index (χ2v) is 9.43. The van der Waals surface area contributed by atoms with Crippen molar-refractivity contribution in [1.29, 1.82) is 0 Å². The first-order valence-corrected chi connectivity index (χ1v) is 11.8. The van der Waals surface area contributed by atoms with Crippen LogP contribution in [0.3, 0.4) is 0 Å². The van der Waals surface area contributed by atoms with Crippen LogP contribution in [0.5, 0.6) is 0 Å². The number of benzene rings is 3. The van der Waals surface area contributed by atoms with Crippen LogP contribution in [0.2, 0.25) is 0 Å². The molecule has 1 aliphatic rings. The van der Waals surface area contributed by atoms with Crippen molar-refractivity contribution < 1.29 is 18.0 Å². The summed E-state index contributed by atoms with van der Waals surface area (Å²) in [5.74, 6) is -0.990. The molecule has 0 atom stereocenters. The summed E-state index contributed by atoms with van der Waals surface area (Å²) in [7, 11) is -3.53. The topological polar surface area (TPSA) is 95.6 Å². The Morgan fingerprint density at radius 3 is 1.66 bits per heavy atom. The maximum absolute atomic E-state index is 12.6. The Bertz CT molecular complexity index is 1200. The fourth-order valence-corrected chi connectivity index (χ4v) is 5.08. The molecule has 0 radical (unpaired) electrons. The molecule has 164 valence electrons. The highest BCUT2D eigenvalue weighted by Crippen LogP contribution is 2.21. The summed E-state index contributed by atoms with van der Waals surface area (Å²) < 4.78 is 26.6. The lowest BCUT2D eigenvalue weighted by atomic mass is 10.0. The third kappa shape index (κ3) is 4.71. The average Bonchev–Trinajstić information content (AvgIpc) is 3.39. The molecule has 2 N–H and O–H groups in total. The average molecular weight is 450 g/mol. The minimum absolute atomic E-state index is 0.151. The van der Waals surface area contributed by atoms with E-state index in [2.05, 4.69) is 10.9 Å². The number of hydrogen-bond acceptors (Lipinski definition) is 4. The highest BCUT2D eigenvalue weighted by atomic mass is 32.2. The minimum atomic E-state index is -3.53. The van der Waals surface area contributed by atoms with Gasteiger partial charge in [0.15, 0.2) is 0 Å². The summed E-state index contributed by atoms with van der Waals surface area (Å²) in [6.07, 6.45) is 1.71. The van der Waals surface area contributed by atoms with Gasteiger partial charge in [0, 0.05) is 24.2 Å². The summed E-state index contributed by atoms with van der Waals surface area (Å²) >= 11 is 0. The SMILES string of the molecule is O=C(NNC(=O)c1ccc(S(=O)(=O)N2CCCC2)cc1)c1ccc(-c2ccccc2)cc1. The molecule has 1 fully saturated rings. The Morgan fingerprint density at radius 2 is 1.12 bits per heavy atom. The van der Waals surface area contributed by atoms with Crippen molar-refractivity contribution in [2.45, 2.75) is 17.7 Å². The van der Waals surface area contributed by atoms with Crippen LogP contribution in [0, 0.1) is 0 Å². The first-order chi connectivity index (χ1) is 15.4. The molecule has 0 saturated carbocycles. The third-order valence-corrected chi connectivity index (χ3v) is 7.28. The van der Waals surface area contributed by atoms with Gasteiger partial charge in [0.25, 0.3) is 11.8 Å². The highest BCUT2D eigenvalue weighted by molar-refractivity contribution is 7.89. The van der Waals surface area contributed by atoms with Crippen LogP contribution in [0.4, 0.5) is 0 Å². The number of nitrogens with zero attached hydrogens (tertiary/aromatic N) is 1. The molecule has 3 aromatic carbocycles. The third-order valence-electron chi connectivity index (χ3n) is 5.36. The van der Waals surface area contributed by atoms with Crippen molar-refractivity contribution in [3.8, 4) is 11.1 Å². The molecule has 8 heteroatoms. The second-order valence-electron chi connectivity index (χ2n) is 7.49. The summed E-state index contributed by atoms with van der Waals surface area (Å²) in [5, 5.41) is 0. The number of rotatable bonds is 5. The molecule has 1 aliphatic heterocycles. The lowest BCUT2D eigenvalue weighted by Crippen LogP contribution is -2.41. The van der Waals surface area contributed by atoms with E-state index < -0.39 is 21.8 Å². The first-order valence-electron chi connectivity index (χ1n) is 10.3. The molecule has 32 heavy (non-hydrogen) atoms. The normalized spacial score (nSPS) is 14.1. The monoisotopic (exact) mass is 449 g/mol. The molecule has 0 aromatic heterocycles. The largest absolute Gasteiger partial charge is 0.269 e. The van der Waals surface area contributed by atoms with E-state index in [0.29, 0.717) is 18.7 Å². The van der Waals surface area contributed by atoms with Crippen molar-refractivity contribution in [1.82, 2.24) is 15.2 Å². The molecule has 1 heterocycles. The smallest absolute Gasteiger partial charge is 0.267 e. The van der Waals surface area contributed by atoms with E-state index in [0.717, 1.165) is 24.0 Å². The lowest BCUT2D eigenvalue weighted by molar-refractivity contribution is 0.0846. The number of hydrazine groups is 1. The van der Waals surface area contributed by atoms with E-state index in [1.807, 2.05) is 42.5 Å². The van der Waals surface area contributed by atoms with Gasteiger partial charge in [-0.25, -0.2) is 8.42 Å². The van der Waals surface area contributed by atoms with Crippen molar-refractivity contribution in [2.75, 3.05) is 13.1 Å². The quantitative estimate of drug-likeness (QED) is 0.585. The van der Waals surface area contributed by atoms with E-state index in [1.165, 1.54) is 28.6 Å². The van der Waals surface area contributed by atoms with Crippen molar-refractivity contribution in [3.05, 3.63) is 90.0 Å². The second kappa shape index (κ2) is 9.33. The van der Waals surface area contributed by atoms with Gasteiger partial charge < -0.3 is 0 Å². The number of carbonyl (C=O) groups excluding carboxylic acids is 2. The predicted molar refractivity (Wildman–Crippen MR) is 121 cm³/mol. The van der Waals surface area contributed by atoms with Gasteiger partial charge in [-0.2, -0.15) is 4.31 Å². The van der Waals surface area contributed by atoms with E-state index >= 15 is 0 Å². The highest BCUT2D eigenvalue weighted by Gasteiger charge is 2.27. The Kier molecular flexibility index (Phi) is 6.34. The number of sulfonamides is 1. The van der Waals surface area contributed by atoms with Gasteiger partial charge in [-0.15, -0.1) is 0 Å². The van der Waals surface area contributed by atoms with Crippen molar-refractivity contribution in [2.24, 2.45) is 0 Å². The lowest BCUT2D eigenvalue weighted by Gasteiger charge is -2.15. The molecule has 2 amide bonds. The number of nitrogens with one attached hydrogen (secondary N) is 2. The predicted octanol–water partition coefficient (Wildman–Crippen LogP) is 3.21. The molecule has 4 rings (SSSR count). The summed E-state index contributed by atoms with van der Waals surface area (Å²) in [4.78, 5) is 24.9. The minimum Gasteiger partial charge on any atom is -0.267 e. The zero-order chi connectivity index (χ0) is 22.6. The molecule has 1 saturated heterocycles.